The second-order valence-corrected chi connectivity index (χ2v) is 5.01. The van der Waals surface area contributed by atoms with E-state index in [1.165, 1.54) is 6.07 Å². The van der Waals surface area contributed by atoms with Crippen LogP contribution >= 0.6 is 15.9 Å². The molecule has 1 aromatic rings. The van der Waals surface area contributed by atoms with E-state index in [4.69, 9.17) is 0 Å². The Hall–Kier alpha value is -1.10. The maximum Gasteiger partial charge on any atom is 0.339 e. The number of aryl methyl sites for hydroxylation is 1. The summed E-state index contributed by atoms with van der Waals surface area (Å²) in [6.45, 7) is 3.41. The molecule has 17 heavy (non-hydrogen) atoms. The number of rotatable bonds is 2. The second-order valence-electron chi connectivity index (χ2n) is 4.21. The van der Waals surface area contributed by atoms with Crippen LogP contribution in [0.2, 0.25) is 0 Å². The van der Waals surface area contributed by atoms with Gasteiger partial charge in [0, 0.05) is 13.1 Å². The molecular formula is C12H13BrFNO2. The number of carboxylic acids is 1. The third-order valence-electron chi connectivity index (χ3n) is 3.02. The van der Waals surface area contributed by atoms with Crippen LogP contribution in [0.15, 0.2) is 10.5 Å². The summed E-state index contributed by atoms with van der Waals surface area (Å²) >= 11 is 3.03. The summed E-state index contributed by atoms with van der Waals surface area (Å²) < 4.78 is 13.6. The maximum absolute atomic E-state index is 13.5. The molecule has 1 saturated heterocycles. The molecule has 0 bridgehead atoms. The molecule has 0 amide bonds. The van der Waals surface area contributed by atoms with Gasteiger partial charge in [-0.3, -0.25) is 0 Å². The number of nitrogens with zero attached hydrogens (tertiary/aromatic N) is 1. The Morgan fingerprint density at radius 2 is 2.06 bits per heavy atom. The van der Waals surface area contributed by atoms with Crippen molar-refractivity contribution in [1.82, 2.24) is 0 Å². The molecule has 0 atom stereocenters. The molecule has 1 fully saturated rings. The van der Waals surface area contributed by atoms with Crippen molar-refractivity contribution in [1.29, 1.82) is 0 Å². The quantitative estimate of drug-likeness (QED) is 0.912. The van der Waals surface area contributed by atoms with Crippen LogP contribution in [0.4, 0.5) is 10.1 Å². The number of aromatic carboxylic acids is 1. The van der Waals surface area contributed by atoms with E-state index in [9.17, 15) is 14.3 Å². The molecule has 0 aliphatic carbocycles. The van der Waals surface area contributed by atoms with Gasteiger partial charge in [0.2, 0.25) is 0 Å². The average Bonchev–Trinajstić information content (AvgIpc) is 2.75. The molecule has 5 heteroatoms. The van der Waals surface area contributed by atoms with Crippen molar-refractivity contribution in [2.75, 3.05) is 18.0 Å². The van der Waals surface area contributed by atoms with E-state index in [1.54, 1.807) is 6.92 Å². The van der Waals surface area contributed by atoms with E-state index in [0.717, 1.165) is 25.9 Å². The van der Waals surface area contributed by atoms with Crippen LogP contribution in [0, 0.1) is 12.7 Å². The SMILES string of the molecule is Cc1cc(F)c(Br)c(C(=O)O)c1N1CCCC1. The van der Waals surface area contributed by atoms with Crippen LogP contribution in [0.25, 0.3) is 0 Å². The predicted molar refractivity (Wildman–Crippen MR) is 67.2 cm³/mol. The largest absolute Gasteiger partial charge is 0.478 e. The van der Waals surface area contributed by atoms with Crippen molar-refractivity contribution in [2.24, 2.45) is 0 Å². The van der Waals surface area contributed by atoms with Crippen LogP contribution < -0.4 is 4.90 Å². The summed E-state index contributed by atoms with van der Waals surface area (Å²) in [5, 5.41) is 9.23. The highest BCUT2D eigenvalue weighted by Crippen LogP contribution is 2.35. The molecule has 0 unspecified atom stereocenters. The molecule has 0 saturated carbocycles. The Kier molecular flexibility index (Phi) is 3.38. The minimum Gasteiger partial charge on any atom is -0.478 e. The first kappa shape index (κ1) is 12.4. The topological polar surface area (TPSA) is 40.5 Å². The van der Waals surface area contributed by atoms with Gasteiger partial charge in [-0.15, -0.1) is 0 Å². The summed E-state index contributed by atoms with van der Waals surface area (Å²) in [6, 6.07) is 1.38. The highest BCUT2D eigenvalue weighted by Gasteiger charge is 2.25. The van der Waals surface area contributed by atoms with E-state index in [0.29, 0.717) is 11.3 Å². The first-order valence-electron chi connectivity index (χ1n) is 5.49. The van der Waals surface area contributed by atoms with Crippen molar-refractivity contribution in [3.05, 3.63) is 27.5 Å². The lowest BCUT2D eigenvalue weighted by Gasteiger charge is -2.23. The van der Waals surface area contributed by atoms with Gasteiger partial charge in [-0.25, -0.2) is 9.18 Å². The van der Waals surface area contributed by atoms with Gasteiger partial charge in [-0.05, 0) is 47.3 Å². The van der Waals surface area contributed by atoms with Crippen LogP contribution in [-0.4, -0.2) is 24.2 Å². The highest BCUT2D eigenvalue weighted by molar-refractivity contribution is 9.10. The maximum atomic E-state index is 13.5. The van der Waals surface area contributed by atoms with E-state index in [2.05, 4.69) is 15.9 Å². The first-order chi connectivity index (χ1) is 8.02. The fourth-order valence-electron chi connectivity index (χ4n) is 2.29. The number of benzene rings is 1. The zero-order valence-electron chi connectivity index (χ0n) is 9.46. The summed E-state index contributed by atoms with van der Waals surface area (Å²) in [5.74, 6) is -1.62. The van der Waals surface area contributed by atoms with Crippen LogP contribution in [0.3, 0.4) is 0 Å². The normalized spacial score (nSPS) is 15.4. The number of carbonyl (C=O) groups is 1. The van der Waals surface area contributed by atoms with Crippen molar-refractivity contribution in [3.8, 4) is 0 Å². The Labute approximate surface area is 107 Å². The van der Waals surface area contributed by atoms with Crippen molar-refractivity contribution < 1.29 is 14.3 Å². The van der Waals surface area contributed by atoms with E-state index >= 15 is 0 Å². The van der Waals surface area contributed by atoms with Gasteiger partial charge in [0.15, 0.2) is 0 Å². The monoisotopic (exact) mass is 301 g/mol. The van der Waals surface area contributed by atoms with Crippen molar-refractivity contribution in [2.45, 2.75) is 19.8 Å². The molecular weight excluding hydrogens is 289 g/mol. The zero-order valence-corrected chi connectivity index (χ0v) is 11.1. The van der Waals surface area contributed by atoms with Crippen LogP contribution in [-0.2, 0) is 0 Å². The van der Waals surface area contributed by atoms with Crippen molar-refractivity contribution in [3.63, 3.8) is 0 Å². The number of hydrogen-bond donors (Lipinski definition) is 1. The van der Waals surface area contributed by atoms with Gasteiger partial charge >= 0.3 is 5.97 Å². The van der Waals surface area contributed by atoms with Crippen LogP contribution in [0.1, 0.15) is 28.8 Å². The molecule has 0 aromatic heterocycles. The third-order valence-corrected chi connectivity index (χ3v) is 3.79. The molecule has 2 rings (SSSR count). The molecule has 1 aromatic carbocycles. The second kappa shape index (κ2) is 4.64. The van der Waals surface area contributed by atoms with E-state index < -0.39 is 11.8 Å². The predicted octanol–water partition coefficient (Wildman–Crippen LogP) is 3.20. The fourth-order valence-corrected chi connectivity index (χ4v) is 2.76. The minimum atomic E-state index is -1.10. The summed E-state index contributed by atoms with van der Waals surface area (Å²) in [4.78, 5) is 13.3. The third kappa shape index (κ3) is 2.16. The van der Waals surface area contributed by atoms with E-state index in [1.807, 2.05) is 4.90 Å². The molecule has 92 valence electrons. The van der Waals surface area contributed by atoms with Gasteiger partial charge in [-0.2, -0.15) is 0 Å². The standard InChI is InChI=1S/C12H13BrFNO2/c1-7-6-8(14)10(13)9(12(16)17)11(7)15-4-2-3-5-15/h6H,2-5H2,1H3,(H,16,17). The van der Waals surface area contributed by atoms with Gasteiger partial charge < -0.3 is 10.0 Å². The molecule has 1 aliphatic rings. The molecule has 1 heterocycles. The molecule has 0 radical (unpaired) electrons. The lowest BCUT2D eigenvalue weighted by molar-refractivity contribution is 0.0696. The van der Waals surface area contributed by atoms with Crippen LogP contribution in [0.5, 0.6) is 0 Å². The Balaban J connectivity index is 2.62. The Morgan fingerprint density at radius 1 is 1.47 bits per heavy atom. The number of halogens is 2. The number of carboxylic acid groups (broad SMARTS) is 1. The molecule has 1 N–H and O–H groups in total. The summed E-state index contributed by atoms with van der Waals surface area (Å²) in [5.41, 5.74) is 1.35. The molecule has 0 spiro atoms. The van der Waals surface area contributed by atoms with E-state index in [-0.39, 0.29) is 10.0 Å². The smallest absolute Gasteiger partial charge is 0.339 e. The van der Waals surface area contributed by atoms with Gasteiger partial charge in [0.25, 0.3) is 0 Å². The minimum absolute atomic E-state index is 0.0319. The Bertz CT molecular complexity index is 470. The lowest BCUT2D eigenvalue weighted by Crippen LogP contribution is -2.22. The average molecular weight is 302 g/mol. The fraction of sp³-hybridized carbons (Fsp3) is 0.417. The molecule has 1 aliphatic heterocycles. The summed E-state index contributed by atoms with van der Waals surface area (Å²) in [7, 11) is 0. The van der Waals surface area contributed by atoms with Gasteiger partial charge in [0.05, 0.1) is 10.2 Å². The Morgan fingerprint density at radius 3 is 2.59 bits per heavy atom. The first-order valence-corrected chi connectivity index (χ1v) is 6.28. The van der Waals surface area contributed by atoms with Gasteiger partial charge in [0.1, 0.15) is 11.4 Å². The lowest BCUT2D eigenvalue weighted by atomic mass is 10.1. The molecule has 3 nitrogen and oxygen atoms in total. The summed E-state index contributed by atoms with van der Waals surface area (Å²) in [6.07, 6.45) is 2.10. The van der Waals surface area contributed by atoms with Crippen molar-refractivity contribution >= 4 is 27.6 Å². The highest BCUT2D eigenvalue weighted by atomic mass is 79.9. The zero-order chi connectivity index (χ0) is 12.6. The van der Waals surface area contributed by atoms with Gasteiger partial charge in [-0.1, -0.05) is 0 Å². The number of anilines is 1. The number of hydrogen-bond acceptors (Lipinski definition) is 2.